The topological polar surface area (TPSA) is 42.0 Å². The second kappa shape index (κ2) is 4.83. The van der Waals surface area contributed by atoms with Gasteiger partial charge in [0.05, 0.1) is 11.9 Å². The smallest absolute Gasteiger partial charge is 0.227 e. The van der Waals surface area contributed by atoms with Crippen LogP contribution in [0.2, 0.25) is 5.15 Å². The number of nitrogens with one attached hydrogen (secondary N) is 1. The van der Waals surface area contributed by atoms with Crippen molar-refractivity contribution in [3.8, 4) is 0 Å². The molecule has 1 amide bonds. The minimum atomic E-state index is 0.106. The number of hydrogen-bond donors (Lipinski definition) is 1. The molecule has 0 saturated heterocycles. The lowest BCUT2D eigenvalue weighted by atomic mass is 9.97. The maximum absolute atomic E-state index is 11.9. The van der Waals surface area contributed by atoms with Crippen LogP contribution in [0.25, 0.3) is 0 Å². The Morgan fingerprint density at radius 2 is 2.31 bits per heavy atom. The van der Waals surface area contributed by atoms with Gasteiger partial charge in [-0.05, 0) is 30.9 Å². The maximum Gasteiger partial charge on any atom is 0.227 e. The van der Waals surface area contributed by atoms with Crippen molar-refractivity contribution in [3.63, 3.8) is 0 Å². The molecule has 2 rings (SSSR count). The SMILES string of the molecule is CC1CCCC1C(=O)Nc1ccc(Cl)nc1. The summed E-state index contributed by atoms with van der Waals surface area (Å²) in [6.07, 6.45) is 4.88. The van der Waals surface area contributed by atoms with E-state index >= 15 is 0 Å². The van der Waals surface area contributed by atoms with Gasteiger partial charge in [-0.3, -0.25) is 4.79 Å². The van der Waals surface area contributed by atoms with Crippen molar-refractivity contribution in [2.45, 2.75) is 26.2 Å². The highest BCUT2D eigenvalue weighted by Crippen LogP contribution is 2.31. The van der Waals surface area contributed by atoms with E-state index in [4.69, 9.17) is 11.6 Å². The fraction of sp³-hybridized carbons (Fsp3) is 0.500. The van der Waals surface area contributed by atoms with Gasteiger partial charge in [-0.1, -0.05) is 24.9 Å². The van der Waals surface area contributed by atoms with E-state index in [1.54, 1.807) is 18.3 Å². The summed E-state index contributed by atoms with van der Waals surface area (Å²) in [7, 11) is 0. The van der Waals surface area contributed by atoms with Crippen molar-refractivity contribution >= 4 is 23.2 Å². The van der Waals surface area contributed by atoms with E-state index < -0.39 is 0 Å². The van der Waals surface area contributed by atoms with Crippen molar-refractivity contribution < 1.29 is 4.79 Å². The number of hydrogen-bond acceptors (Lipinski definition) is 2. The normalized spacial score (nSPS) is 24.4. The zero-order chi connectivity index (χ0) is 11.5. The van der Waals surface area contributed by atoms with Crippen LogP contribution < -0.4 is 5.32 Å². The summed E-state index contributed by atoms with van der Waals surface area (Å²) in [4.78, 5) is 15.9. The molecule has 3 nitrogen and oxygen atoms in total. The highest BCUT2D eigenvalue weighted by atomic mass is 35.5. The first-order valence-electron chi connectivity index (χ1n) is 5.59. The van der Waals surface area contributed by atoms with E-state index in [0.717, 1.165) is 19.3 Å². The van der Waals surface area contributed by atoms with Crippen LogP contribution >= 0.6 is 11.6 Å². The Hall–Kier alpha value is -1.09. The molecule has 1 N–H and O–H groups in total. The molecule has 1 heterocycles. The minimum Gasteiger partial charge on any atom is -0.324 e. The molecule has 0 aromatic carbocycles. The molecule has 4 heteroatoms. The van der Waals surface area contributed by atoms with Crippen molar-refractivity contribution in [3.05, 3.63) is 23.5 Å². The average molecular weight is 239 g/mol. The second-order valence-corrected chi connectivity index (χ2v) is 4.76. The third kappa shape index (κ3) is 2.53. The molecule has 0 aliphatic heterocycles. The number of anilines is 1. The van der Waals surface area contributed by atoms with Crippen LogP contribution in [0.1, 0.15) is 26.2 Å². The number of amides is 1. The van der Waals surface area contributed by atoms with E-state index in [1.165, 1.54) is 0 Å². The molecule has 2 atom stereocenters. The fourth-order valence-corrected chi connectivity index (χ4v) is 2.33. The first-order chi connectivity index (χ1) is 7.66. The average Bonchev–Trinajstić information content (AvgIpc) is 2.68. The van der Waals surface area contributed by atoms with Gasteiger partial charge in [0.15, 0.2) is 0 Å². The Balaban J connectivity index is 1.99. The monoisotopic (exact) mass is 238 g/mol. The van der Waals surface area contributed by atoms with E-state index in [-0.39, 0.29) is 11.8 Å². The molecule has 2 unspecified atom stereocenters. The number of carbonyl (C=O) groups excluding carboxylic acids is 1. The molecule has 16 heavy (non-hydrogen) atoms. The van der Waals surface area contributed by atoms with Gasteiger partial charge in [0.2, 0.25) is 5.91 Å². The van der Waals surface area contributed by atoms with E-state index in [1.807, 2.05) is 0 Å². The zero-order valence-electron chi connectivity index (χ0n) is 9.24. The lowest BCUT2D eigenvalue weighted by Crippen LogP contribution is -2.24. The number of aromatic nitrogens is 1. The van der Waals surface area contributed by atoms with Gasteiger partial charge in [-0.2, -0.15) is 0 Å². The van der Waals surface area contributed by atoms with Crippen molar-refractivity contribution in [1.29, 1.82) is 0 Å². The summed E-state index contributed by atoms with van der Waals surface area (Å²) in [6, 6.07) is 3.45. The number of halogens is 1. The van der Waals surface area contributed by atoms with Crippen LogP contribution in [-0.4, -0.2) is 10.9 Å². The molecule has 1 aliphatic carbocycles. The summed E-state index contributed by atoms with van der Waals surface area (Å²) in [6.45, 7) is 2.14. The summed E-state index contributed by atoms with van der Waals surface area (Å²) in [5.74, 6) is 0.741. The molecule has 1 fully saturated rings. The van der Waals surface area contributed by atoms with Crippen molar-refractivity contribution in [1.82, 2.24) is 4.98 Å². The standard InChI is InChI=1S/C12H15ClN2O/c1-8-3-2-4-10(8)12(16)15-9-5-6-11(13)14-7-9/h5-8,10H,2-4H2,1H3,(H,15,16). The second-order valence-electron chi connectivity index (χ2n) is 4.37. The molecule has 0 spiro atoms. The quantitative estimate of drug-likeness (QED) is 0.805. The number of rotatable bonds is 2. The zero-order valence-corrected chi connectivity index (χ0v) is 10.00. The third-order valence-corrected chi connectivity index (χ3v) is 3.42. The fourth-order valence-electron chi connectivity index (χ4n) is 2.22. The highest BCUT2D eigenvalue weighted by molar-refractivity contribution is 6.29. The van der Waals surface area contributed by atoms with Crippen LogP contribution in [0.5, 0.6) is 0 Å². The number of pyridine rings is 1. The Morgan fingerprint density at radius 1 is 1.50 bits per heavy atom. The molecule has 1 aromatic rings. The van der Waals surface area contributed by atoms with E-state index in [9.17, 15) is 4.79 Å². The van der Waals surface area contributed by atoms with E-state index in [2.05, 4.69) is 17.2 Å². The van der Waals surface area contributed by atoms with Gasteiger partial charge in [-0.15, -0.1) is 0 Å². The Labute approximate surface area is 100 Å². The van der Waals surface area contributed by atoms with E-state index in [0.29, 0.717) is 16.8 Å². The first-order valence-corrected chi connectivity index (χ1v) is 5.97. The number of carbonyl (C=O) groups is 1. The van der Waals surface area contributed by atoms with Gasteiger partial charge in [0.25, 0.3) is 0 Å². The van der Waals surface area contributed by atoms with Crippen LogP contribution in [0, 0.1) is 11.8 Å². The van der Waals surface area contributed by atoms with Gasteiger partial charge in [0.1, 0.15) is 5.15 Å². The minimum absolute atomic E-state index is 0.106. The molecule has 1 aliphatic rings. The Bertz CT molecular complexity index is 377. The Morgan fingerprint density at radius 3 is 2.88 bits per heavy atom. The molecule has 86 valence electrons. The lowest BCUT2D eigenvalue weighted by molar-refractivity contribution is -0.120. The number of nitrogens with zero attached hydrogens (tertiary/aromatic N) is 1. The van der Waals surface area contributed by atoms with Crippen LogP contribution in [0.4, 0.5) is 5.69 Å². The summed E-state index contributed by atoms with van der Waals surface area (Å²) in [5.41, 5.74) is 0.716. The molecule has 0 bridgehead atoms. The molecule has 1 saturated carbocycles. The van der Waals surface area contributed by atoms with Gasteiger partial charge in [0, 0.05) is 5.92 Å². The van der Waals surface area contributed by atoms with Gasteiger partial charge in [-0.25, -0.2) is 4.98 Å². The highest BCUT2D eigenvalue weighted by Gasteiger charge is 2.29. The van der Waals surface area contributed by atoms with Crippen molar-refractivity contribution in [2.24, 2.45) is 11.8 Å². The molecular weight excluding hydrogens is 224 g/mol. The lowest BCUT2D eigenvalue weighted by Gasteiger charge is -2.14. The summed E-state index contributed by atoms with van der Waals surface area (Å²) in [5, 5.41) is 3.32. The molecular formula is C12H15ClN2O. The van der Waals surface area contributed by atoms with Gasteiger partial charge < -0.3 is 5.32 Å². The summed E-state index contributed by atoms with van der Waals surface area (Å²) >= 11 is 5.67. The predicted octanol–water partition coefficient (Wildman–Crippen LogP) is 3.11. The molecule has 1 aromatic heterocycles. The molecule has 0 radical (unpaired) electrons. The Kier molecular flexibility index (Phi) is 3.44. The third-order valence-electron chi connectivity index (χ3n) is 3.19. The van der Waals surface area contributed by atoms with Crippen LogP contribution in [0.3, 0.4) is 0 Å². The van der Waals surface area contributed by atoms with Crippen LogP contribution in [0.15, 0.2) is 18.3 Å². The largest absolute Gasteiger partial charge is 0.324 e. The van der Waals surface area contributed by atoms with Crippen LogP contribution in [-0.2, 0) is 4.79 Å². The maximum atomic E-state index is 11.9. The van der Waals surface area contributed by atoms with Crippen molar-refractivity contribution in [2.75, 3.05) is 5.32 Å². The van der Waals surface area contributed by atoms with Gasteiger partial charge >= 0.3 is 0 Å². The first kappa shape index (κ1) is 11.4. The summed E-state index contributed by atoms with van der Waals surface area (Å²) < 4.78 is 0. The predicted molar refractivity (Wildman–Crippen MR) is 64.4 cm³/mol.